The Morgan fingerprint density at radius 3 is 2.47 bits per heavy atom. The van der Waals surface area contributed by atoms with Gasteiger partial charge in [0.1, 0.15) is 18.1 Å². The summed E-state index contributed by atoms with van der Waals surface area (Å²) in [4.78, 5) is 4.58. The molecule has 0 amide bonds. The number of para-hydroxylation sites is 1. The molecule has 5 rings (SSSR count). The number of nitrogens with one attached hydrogen (secondary N) is 1. The third-order valence-electron chi connectivity index (χ3n) is 5.27. The van der Waals surface area contributed by atoms with E-state index in [1.807, 2.05) is 79.7 Å². The van der Waals surface area contributed by atoms with Crippen molar-refractivity contribution < 1.29 is 9.47 Å². The predicted octanol–water partition coefficient (Wildman–Crippen LogP) is 4.98. The van der Waals surface area contributed by atoms with Crippen molar-refractivity contribution in [1.82, 2.24) is 25.6 Å². The second-order valence-corrected chi connectivity index (χ2v) is 7.38. The Hall–Kier alpha value is -4.26. The molecule has 0 saturated carbocycles. The SMILES string of the molecule is COc1cc(COc2cc(C)nc3ccccc23)ccc1-c1ccccc1-c1nn[nH]n1. The Morgan fingerprint density at radius 2 is 1.66 bits per heavy atom. The molecule has 0 radical (unpaired) electrons. The van der Waals surface area contributed by atoms with E-state index in [9.17, 15) is 0 Å². The topological polar surface area (TPSA) is 85.8 Å². The number of fused-ring (bicyclic) bond motifs is 1. The van der Waals surface area contributed by atoms with Crippen LogP contribution in [-0.4, -0.2) is 32.7 Å². The number of aromatic amines is 1. The second-order valence-electron chi connectivity index (χ2n) is 7.38. The first kappa shape index (κ1) is 19.7. The van der Waals surface area contributed by atoms with E-state index in [0.29, 0.717) is 12.4 Å². The van der Waals surface area contributed by atoms with Crippen molar-refractivity contribution in [3.05, 3.63) is 84.1 Å². The summed E-state index contributed by atoms with van der Waals surface area (Å²) in [6.07, 6.45) is 0. The molecule has 0 unspecified atom stereocenters. The average Bonchev–Trinajstić information content (AvgIpc) is 3.37. The van der Waals surface area contributed by atoms with Gasteiger partial charge in [-0.2, -0.15) is 5.21 Å². The smallest absolute Gasteiger partial charge is 0.205 e. The van der Waals surface area contributed by atoms with Gasteiger partial charge in [0.05, 0.1) is 12.6 Å². The first-order chi connectivity index (χ1) is 15.7. The largest absolute Gasteiger partial charge is 0.496 e. The number of rotatable bonds is 6. The molecule has 0 fully saturated rings. The van der Waals surface area contributed by atoms with Gasteiger partial charge in [0.15, 0.2) is 0 Å². The van der Waals surface area contributed by atoms with Crippen molar-refractivity contribution in [1.29, 1.82) is 0 Å². The molecule has 0 aliphatic carbocycles. The number of pyridine rings is 1. The van der Waals surface area contributed by atoms with Crippen LogP contribution in [0.1, 0.15) is 11.3 Å². The van der Waals surface area contributed by atoms with E-state index < -0.39 is 0 Å². The zero-order valence-corrected chi connectivity index (χ0v) is 17.7. The number of hydrogen-bond acceptors (Lipinski definition) is 6. The fourth-order valence-electron chi connectivity index (χ4n) is 3.79. The van der Waals surface area contributed by atoms with Crippen LogP contribution in [0.4, 0.5) is 0 Å². The maximum absolute atomic E-state index is 6.19. The van der Waals surface area contributed by atoms with E-state index in [0.717, 1.165) is 50.3 Å². The van der Waals surface area contributed by atoms with Crippen molar-refractivity contribution in [2.24, 2.45) is 0 Å². The van der Waals surface area contributed by atoms with E-state index in [4.69, 9.17) is 9.47 Å². The van der Waals surface area contributed by atoms with E-state index in [1.54, 1.807) is 7.11 Å². The van der Waals surface area contributed by atoms with Crippen molar-refractivity contribution >= 4 is 10.9 Å². The molecule has 32 heavy (non-hydrogen) atoms. The van der Waals surface area contributed by atoms with Crippen LogP contribution in [0.2, 0.25) is 0 Å². The maximum Gasteiger partial charge on any atom is 0.205 e. The highest BCUT2D eigenvalue weighted by Crippen LogP contribution is 2.36. The summed E-state index contributed by atoms with van der Waals surface area (Å²) in [5.74, 6) is 2.10. The van der Waals surface area contributed by atoms with Gasteiger partial charge in [0, 0.05) is 28.3 Å². The molecule has 0 spiro atoms. The molecule has 5 aromatic rings. The fraction of sp³-hybridized carbons (Fsp3) is 0.120. The van der Waals surface area contributed by atoms with E-state index in [1.165, 1.54) is 0 Å². The average molecular weight is 423 g/mol. The minimum atomic E-state index is 0.413. The number of H-pyrrole nitrogens is 1. The molecule has 0 aliphatic heterocycles. The lowest BCUT2D eigenvalue weighted by atomic mass is 9.97. The van der Waals surface area contributed by atoms with Crippen LogP contribution in [-0.2, 0) is 6.61 Å². The van der Waals surface area contributed by atoms with Crippen LogP contribution in [0.15, 0.2) is 72.8 Å². The number of aryl methyl sites for hydroxylation is 1. The van der Waals surface area contributed by atoms with Crippen LogP contribution in [0, 0.1) is 6.92 Å². The lowest BCUT2D eigenvalue weighted by Crippen LogP contribution is -1.99. The predicted molar refractivity (Wildman–Crippen MR) is 122 cm³/mol. The van der Waals surface area contributed by atoms with Gasteiger partial charge in [-0.3, -0.25) is 4.98 Å². The molecular weight excluding hydrogens is 402 g/mol. The molecule has 0 atom stereocenters. The fourth-order valence-corrected chi connectivity index (χ4v) is 3.79. The van der Waals surface area contributed by atoms with Crippen molar-refractivity contribution in [3.8, 4) is 34.0 Å². The molecule has 2 heterocycles. The second kappa shape index (κ2) is 8.47. The minimum Gasteiger partial charge on any atom is -0.496 e. The summed E-state index contributed by atoms with van der Waals surface area (Å²) >= 11 is 0. The lowest BCUT2D eigenvalue weighted by molar-refractivity contribution is 0.308. The van der Waals surface area contributed by atoms with Gasteiger partial charge in [-0.25, -0.2) is 0 Å². The Labute approximate surface area is 185 Å². The van der Waals surface area contributed by atoms with E-state index in [2.05, 4.69) is 25.6 Å². The molecule has 0 aliphatic rings. The van der Waals surface area contributed by atoms with Crippen molar-refractivity contribution in [2.75, 3.05) is 7.11 Å². The number of aromatic nitrogens is 5. The summed E-state index contributed by atoms with van der Waals surface area (Å²) in [7, 11) is 1.67. The molecule has 2 aromatic heterocycles. The number of hydrogen-bond donors (Lipinski definition) is 1. The standard InChI is InChI=1S/C25H21N5O2/c1-16-13-24(21-9-5-6-10-22(21)26-16)32-15-17-11-12-19(23(14-17)31-2)18-7-3-4-8-20(18)25-27-29-30-28-25/h3-14H,15H2,1-2H3,(H,27,28,29,30). The first-order valence-electron chi connectivity index (χ1n) is 10.2. The monoisotopic (exact) mass is 423 g/mol. The van der Waals surface area contributed by atoms with Crippen LogP contribution < -0.4 is 9.47 Å². The summed E-state index contributed by atoms with van der Waals surface area (Å²) < 4.78 is 11.9. The number of benzene rings is 3. The molecule has 158 valence electrons. The number of ether oxygens (including phenoxy) is 2. The molecule has 3 aromatic carbocycles. The maximum atomic E-state index is 6.19. The molecule has 0 saturated heterocycles. The minimum absolute atomic E-state index is 0.413. The Balaban J connectivity index is 1.46. The van der Waals surface area contributed by atoms with Crippen LogP contribution in [0.5, 0.6) is 11.5 Å². The van der Waals surface area contributed by atoms with Crippen LogP contribution in [0.25, 0.3) is 33.4 Å². The number of nitrogens with zero attached hydrogens (tertiary/aromatic N) is 4. The highest BCUT2D eigenvalue weighted by Gasteiger charge is 2.15. The van der Waals surface area contributed by atoms with Gasteiger partial charge in [0.2, 0.25) is 5.82 Å². The number of tetrazole rings is 1. The van der Waals surface area contributed by atoms with Gasteiger partial charge in [-0.05, 0) is 41.5 Å². The summed E-state index contributed by atoms with van der Waals surface area (Å²) in [5, 5.41) is 15.4. The van der Waals surface area contributed by atoms with Crippen molar-refractivity contribution in [3.63, 3.8) is 0 Å². The van der Waals surface area contributed by atoms with Crippen LogP contribution in [0.3, 0.4) is 0 Å². The molecule has 0 bridgehead atoms. The van der Waals surface area contributed by atoms with Gasteiger partial charge in [-0.1, -0.05) is 48.5 Å². The third kappa shape index (κ3) is 3.76. The van der Waals surface area contributed by atoms with Crippen molar-refractivity contribution in [2.45, 2.75) is 13.5 Å². The van der Waals surface area contributed by atoms with E-state index in [-0.39, 0.29) is 0 Å². The Morgan fingerprint density at radius 1 is 0.844 bits per heavy atom. The summed E-state index contributed by atoms with van der Waals surface area (Å²) in [5.41, 5.74) is 5.64. The lowest BCUT2D eigenvalue weighted by Gasteiger charge is -2.14. The third-order valence-corrected chi connectivity index (χ3v) is 5.27. The molecule has 7 heteroatoms. The molecule has 7 nitrogen and oxygen atoms in total. The Kier molecular flexibility index (Phi) is 5.21. The highest BCUT2D eigenvalue weighted by molar-refractivity contribution is 5.85. The molecule has 1 N–H and O–H groups in total. The zero-order chi connectivity index (χ0) is 21.9. The van der Waals surface area contributed by atoms with Gasteiger partial charge in [0.25, 0.3) is 0 Å². The van der Waals surface area contributed by atoms with Gasteiger partial charge >= 0.3 is 0 Å². The Bertz CT molecular complexity index is 1380. The van der Waals surface area contributed by atoms with Crippen LogP contribution >= 0.6 is 0 Å². The summed E-state index contributed by atoms with van der Waals surface area (Å²) in [6, 6.07) is 23.9. The normalized spacial score (nSPS) is 10.9. The van der Waals surface area contributed by atoms with Gasteiger partial charge < -0.3 is 9.47 Å². The summed E-state index contributed by atoms with van der Waals surface area (Å²) in [6.45, 7) is 2.38. The van der Waals surface area contributed by atoms with Gasteiger partial charge in [-0.15, -0.1) is 10.2 Å². The van der Waals surface area contributed by atoms with E-state index >= 15 is 0 Å². The molecular formula is C25H21N5O2. The highest BCUT2D eigenvalue weighted by atomic mass is 16.5. The quantitative estimate of drug-likeness (QED) is 0.415. The first-order valence-corrected chi connectivity index (χ1v) is 10.2. The zero-order valence-electron chi connectivity index (χ0n) is 17.7. The number of methoxy groups -OCH3 is 1.